The molecular weight excluding hydrogens is 105 g/mol. The van der Waals surface area contributed by atoms with Crippen molar-refractivity contribution in [1.82, 2.24) is 0 Å². The molecule has 0 saturated heterocycles. The van der Waals surface area contributed by atoms with Crippen molar-refractivity contribution < 1.29 is 4.39 Å². The lowest BCUT2D eigenvalue weighted by molar-refractivity contribution is 0.268. The van der Waals surface area contributed by atoms with E-state index in [0.29, 0.717) is 6.54 Å². The van der Waals surface area contributed by atoms with Crippen LogP contribution in [0, 0.1) is 5.92 Å². The molecule has 48 valence electrons. The van der Waals surface area contributed by atoms with Gasteiger partial charge < -0.3 is 5.73 Å². The summed E-state index contributed by atoms with van der Waals surface area (Å²) in [5.74, 6) is 0.176. The number of rotatable bonds is 1. The topological polar surface area (TPSA) is 26.0 Å². The van der Waals surface area contributed by atoms with Gasteiger partial charge in [0.2, 0.25) is 0 Å². The first-order chi connectivity index (χ1) is 3.84. The van der Waals surface area contributed by atoms with E-state index >= 15 is 0 Å². The van der Waals surface area contributed by atoms with Crippen LogP contribution >= 0.6 is 0 Å². The maximum absolute atomic E-state index is 12.5. The summed E-state index contributed by atoms with van der Waals surface area (Å²) in [5, 5.41) is 0. The van der Waals surface area contributed by atoms with E-state index in [1.54, 1.807) is 0 Å². The van der Waals surface area contributed by atoms with Gasteiger partial charge in [-0.1, -0.05) is 6.42 Å². The van der Waals surface area contributed by atoms with E-state index in [0.717, 1.165) is 19.3 Å². The Bertz CT molecular complexity index is 74.9. The highest BCUT2D eigenvalue weighted by Crippen LogP contribution is 2.26. The van der Waals surface area contributed by atoms with Crippen LogP contribution in [0.1, 0.15) is 19.3 Å². The van der Waals surface area contributed by atoms with E-state index in [1.165, 1.54) is 0 Å². The van der Waals surface area contributed by atoms with Gasteiger partial charge in [0.25, 0.3) is 0 Å². The highest BCUT2D eigenvalue weighted by Gasteiger charge is 2.24. The van der Waals surface area contributed by atoms with Crippen LogP contribution in [0.3, 0.4) is 0 Å². The fourth-order valence-corrected chi connectivity index (χ4v) is 1.26. The highest BCUT2D eigenvalue weighted by atomic mass is 19.1. The Hall–Kier alpha value is -0.110. The normalized spacial score (nSPS) is 38.2. The Labute approximate surface area is 49.1 Å². The predicted octanol–water partition coefficient (Wildman–Crippen LogP) is 1.08. The molecule has 2 N–H and O–H groups in total. The summed E-state index contributed by atoms with van der Waals surface area (Å²) in [7, 11) is 0. The van der Waals surface area contributed by atoms with Crippen molar-refractivity contribution in [2.75, 3.05) is 6.54 Å². The number of alkyl halides is 1. The molecule has 0 radical (unpaired) electrons. The second kappa shape index (κ2) is 2.44. The number of halogens is 1. The van der Waals surface area contributed by atoms with Gasteiger partial charge in [0.15, 0.2) is 0 Å². The maximum Gasteiger partial charge on any atom is 0.104 e. The van der Waals surface area contributed by atoms with Crippen molar-refractivity contribution in [3.8, 4) is 0 Å². The number of hydrogen-bond acceptors (Lipinski definition) is 1. The molecule has 0 aromatic carbocycles. The molecule has 0 spiro atoms. The van der Waals surface area contributed by atoms with Crippen LogP contribution < -0.4 is 5.73 Å². The standard InChI is InChI=1S/C6H12FN/c7-6-3-1-2-5(6)4-8/h5-6H,1-4,8H2/t5-,6+/m0/s1. The molecule has 1 saturated carbocycles. The van der Waals surface area contributed by atoms with Crippen LogP contribution in [0.2, 0.25) is 0 Å². The summed E-state index contributed by atoms with van der Waals surface area (Å²) in [4.78, 5) is 0. The van der Waals surface area contributed by atoms with E-state index in [1.807, 2.05) is 0 Å². The third-order valence-corrected chi connectivity index (χ3v) is 1.87. The minimum Gasteiger partial charge on any atom is -0.330 e. The zero-order valence-corrected chi connectivity index (χ0v) is 4.94. The van der Waals surface area contributed by atoms with Crippen LogP contribution in [-0.2, 0) is 0 Å². The van der Waals surface area contributed by atoms with Crippen LogP contribution in [0.5, 0.6) is 0 Å². The van der Waals surface area contributed by atoms with E-state index < -0.39 is 6.17 Å². The fraction of sp³-hybridized carbons (Fsp3) is 1.00. The molecule has 1 aliphatic rings. The number of hydrogen-bond donors (Lipinski definition) is 1. The molecule has 0 heterocycles. The molecule has 1 nitrogen and oxygen atoms in total. The van der Waals surface area contributed by atoms with Crippen molar-refractivity contribution in [1.29, 1.82) is 0 Å². The van der Waals surface area contributed by atoms with E-state index in [2.05, 4.69) is 0 Å². The van der Waals surface area contributed by atoms with Crippen LogP contribution in [0.4, 0.5) is 4.39 Å². The van der Waals surface area contributed by atoms with Crippen molar-refractivity contribution in [3.63, 3.8) is 0 Å². The van der Waals surface area contributed by atoms with E-state index in [4.69, 9.17) is 5.73 Å². The molecule has 0 aromatic heterocycles. The van der Waals surface area contributed by atoms with Crippen LogP contribution in [0.15, 0.2) is 0 Å². The molecule has 0 aliphatic heterocycles. The monoisotopic (exact) mass is 117 g/mol. The Morgan fingerprint density at radius 3 is 2.50 bits per heavy atom. The third-order valence-electron chi connectivity index (χ3n) is 1.87. The average molecular weight is 117 g/mol. The molecule has 0 bridgehead atoms. The van der Waals surface area contributed by atoms with Gasteiger partial charge in [-0.15, -0.1) is 0 Å². The van der Waals surface area contributed by atoms with Gasteiger partial charge in [-0.2, -0.15) is 0 Å². The van der Waals surface area contributed by atoms with Crippen molar-refractivity contribution in [2.24, 2.45) is 11.7 Å². The van der Waals surface area contributed by atoms with Crippen LogP contribution in [0.25, 0.3) is 0 Å². The zero-order chi connectivity index (χ0) is 5.98. The van der Waals surface area contributed by atoms with Gasteiger partial charge in [-0.05, 0) is 19.4 Å². The number of nitrogens with two attached hydrogens (primary N) is 1. The summed E-state index contributed by atoms with van der Waals surface area (Å²) in [5.41, 5.74) is 5.28. The first kappa shape index (κ1) is 6.02. The smallest absolute Gasteiger partial charge is 0.104 e. The maximum atomic E-state index is 12.5. The van der Waals surface area contributed by atoms with Crippen molar-refractivity contribution >= 4 is 0 Å². The van der Waals surface area contributed by atoms with E-state index in [-0.39, 0.29) is 5.92 Å². The Balaban J connectivity index is 2.30. The lowest BCUT2D eigenvalue weighted by Crippen LogP contribution is -2.18. The van der Waals surface area contributed by atoms with Gasteiger partial charge in [0.05, 0.1) is 0 Å². The first-order valence-electron chi connectivity index (χ1n) is 3.18. The summed E-state index contributed by atoms with van der Waals surface area (Å²) in [6.45, 7) is 0.529. The SMILES string of the molecule is NC[C@@H]1CCC[C@H]1F. The Kier molecular flexibility index (Phi) is 1.84. The summed E-state index contributed by atoms with van der Waals surface area (Å²) >= 11 is 0. The molecular formula is C6H12FN. The van der Waals surface area contributed by atoms with Crippen molar-refractivity contribution in [2.45, 2.75) is 25.4 Å². The highest BCUT2D eigenvalue weighted by molar-refractivity contribution is 4.76. The van der Waals surface area contributed by atoms with E-state index in [9.17, 15) is 4.39 Å². The minimum atomic E-state index is -0.597. The molecule has 0 unspecified atom stereocenters. The molecule has 8 heavy (non-hydrogen) atoms. The van der Waals surface area contributed by atoms with Crippen LogP contribution in [-0.4, -0.2) is 12.7 Å². The second-order valence-electron chi connectivity index (χ2n) is 2.44. The molecule has 1 rings (SSSR count). The minimum absolute atomic E-state index is 0.176. The van der Waals surface area contributed by atoms with Gasteiger partial charge in [0, 0.05) is 5.92 Å². The Morgan fingerprint density at radius 2 is 2.25 bits per heavy atom. The lowest BCUT2D eigenvalue weighted by atomic mass is 10.1. The molecule has 1 aliphatic carbocycles. The van der Waals surface area contributed by atoms with Crippen molar-refractivity contribution in [3.05, 3.63) is 0 Å². The average Bonchev–Trinajstić information content (AvgIpc) is 2.14. The summed E-state index contributed by atoms with van der Waals surface area (Å²) < 4.78 is 12.5. The second-order valence-corrected chi connectivity index (χ2v) is 2.44. The molecule has 2 atom stereocenters. The largest absolute Gasteiger partial charge is 0.330 e. The quantitative estimate of drug-likeness (QED) is 0.546. The first-order valence-corrected chi connectivity index (χ1v) is 3.18. The van der Waals surface area contributed by atoms with Gasteiger partial charge >= 0.3 is 0 Å². The molecule has 2 heteroatoms. The molecule has 0 amide bonds. The van der Waals surface area contributed by atoms with Gasteiger partial charge in [0.1, 0.15) is 6.17 Å². The lowest BCUT2D eigenvalue weighted by Gasteiger charge is -2.06. The van der Waals surface area contributed by atoms with Gasteiger partial charge in [-0.25, -0.2) is 4.39 Å². The fourth-order valence-electron chi connectivity index (χ4n) is 1.26. The predicted molar refractivity (Wildman–Crippen MR) is 31.3 cm³/mol. The Morgan fingerprint density at radius 1 is 1.50 bits per heavy atom. The summed E-state index contributed by atoms with van der Waals surface area (Å²) in [6, 6.07) is 0. The summed E-state index contributed by atoms with van der Waals surface area (Å²) in [6.07, 6.45) is 2.17. The molecule has 0 aromatic rings. The van der Waals surface area contributed by atoms with Gasteiger partial charge in [-0.3, -0.25) is 0 Å². The zero-order valence-electron chi connectivity index (χ0n) is 4.94. The third kappa shape index (κ3) is 0.996. The molecule has 1 fully saturated rings.